The SMILES string of the molecule is O=C(Cn1nc(-c2ccccc2)ccc1=O)N1CCC(c2ccccc2)=N1. The summed E-state index contributed by atoms with van der Waals surface area (Å²) >= 11 is 0. The maximum Gasteiger partial charge on any atom is 0.267 e. The minimum atomic E-state index is -0.311. The highest BCUT2D eigenvalue weighted by Crippen LogP contribution is 2.15. The van der Waals surface area contributed by atoms with Crippen LogP contribution in [0.1, 0.15) is 12.0 Å². The van der Waals surface area contributed by atoms with Gasteiger partial charge in [0, 0.05) is 18.1 Å². The molecular weight excluding hydrogens is 340 g/mol. The number of carbonyl (C=O) groups excluding carboxylic acids is 1. The Morgan fingerprint density at radius 2 is 1.56 bits per heavy atom. The van der Waals surface area contributed by atoms with Crippen LogP contribution < -0.4 is 5.56 Å². The lowest BCUT2D eigenvalue weighted by molar-refractivity contribution is -0.131. The van der Waals surface area contributed by atoms with Crippen molar-refractivity contribution in [2.75, 3.05) is 6.54 Å². The largest absolute Gasteiger partial charge is 0.271 e. The summed E-state index contributed by atoms with van der Waals surface area (Å²) in [7, 11) is 0. The van der Waals surface area contributed by atoms with E-state index in [2.05, 4.69) is 10.2 Å². The summed E-state index contributed by atoms with van der Waals surface area (Å²) in [5.41, 5.74) is 3.12. The highest BCUT2D eigenvalue weighted by Gasteiger charge is 2.22. The van der Waals surface area contributed by atoms with E-state index in [4.69, 9.17) is 0 Å². The summed E-state index contributed by atoms with van der Waals surface area (Å²) in [6.45, 7) is 0.376. The first-order chi connectivity index (χ1) is 13.2. The minimum absolute atomic E-state index is 0.134. The van der Waals surface area contributed by atoms with Crippen LogP contribution in [0.3, 0.4) is 0 Å². The molecule has 27 heavy (non-hydrogen) atoms. The second-order valence-electron chi connectivity index (χ2n) is 6.26. The molecule has 0 unspecified atom stereocenters. The molecule has 0 bridgehead atoms. The zero-order chi connectivity index (χ0) is 18.6. The van der Waals surface area contributed by atoms with E-state index in [1.165, 1.54) is 15.8 Å². The fourth-order valence-electron chi connectivity index (χ4n) is 3.01. The molecule has 0 radical (unpaired) electrons. The Morgan fingerprint density at radius 1 is 0.889 bits per heavy atom. The van der Waals surface area contributed by atoms with Crippen molar-refractivity contribution < 1.29 is 4.79 Å². The quantitative estimate of drug-likeness (QED) is 0.720. The topological polar surface area (TPSA) is 67.6 Å². The predicted octanol–water partition coefficient (Wildman–Crippen LogP) is 2.55. The van der Waals surface area contributed by atoms with Gasteiger partial charge >= 0.3 is 0 Å². The third-order valence-electron chi connectivity index (χ3n) is 4.42. The number of hydrogen-bond acceptors (Lipinski definition) is 4. The van der Waals surface area contributed by atoms with Crippen molar-refractivity contribution in [3.63, 3.8) is 0 Å². The average molecular weight is 358 g/mol. The van der Waals surface area contributed by atoms with E-state index in [1.54, 1.807) is 6.07 Å². The maximum atomic E-state index is 12.6. The van der Waals surface area contributed by atoms with Crippen LogP contribution in [0.15, 0.2) is 82.7 Å². The number of amides is 1. The van der Waals surface area contributed by atoms with E-state index >= 15 is 0 Å². The third-order valence-corrected chi connectivity index (χ3v) is 4.42. The first-order valence-electron chi connectivity index (χ1n) is 8.77. The second-order valence-corrected chi connectivity index (χ2v) is 6.26. The average Bonchev–Trinajstić information content (AvgIpc) is 3.21. The molecule has 0 fully saturated rings. The van der Waals surface area contributed by atoms with Crippen molar-refractivity contribution in [3.05, 3.63) is 88.7 Å². The number of benzene rings is 2. The van der Waals surface area contributed by atoms with Gasteiger partial charge in [-0.2, -0.15) is 10.2 Å². The molecule has 0 saturated carbocycles. The molecule has 0 atom stereocenters. The molecule has 3 aromatic rings. The first-order valence-corrected chi connectivity index (χ1v) is 8.77. The lowest BCUT2D eigenvalue weighted by Crippen LogP contribution is -2.33. The number of aromatic nitrogens is 2. The Kier molecular flexibility index (Phi) is 4.61. The molecule has 6 nitrogen and oxygen atoms in total. The van der Waals surface area contributed by atoms with Crippen LogP contribution in [-0.2, 0) is 11.3 Å². The van der Waals surface area contributed by atoms with Crippen LogP contribution >= 0.6 is 0 Å². The van der Waals surface area contributed by atoms with E-state index in [-0.39, 0.29) is 18.0 Å². The van der Waals surface area contributed by atoms with E-state index in [0.29, 0.717) is 18.7 Å². The lowest BCUT2D eigenvalue weighted by Gasteiger charge is -2.12. The molecule has 0 N–H and O–H groups in total. The molecule has 1 amide bonds. The Balaban J connectivity index is 1.53. The first kappa shape index (κ1) is 16.9. The summed E-state index contributed by atoms with van der Waals surface area (Å²) in [4.78, 5) is 24.7. The van der Waals surface area contributed by atoms with Crippen LogP contribution in [0.4, 0.5) is 0 Å². The van der Waals surface area contributed by atoms with E-state index in [0.717, 1.165) is 16.8 Å². The number of carbonyl (C=O) groups is 1. The van der Waals surface area contributed by atoms with E-state index in [9.17, 15) is 9.59 Å². The summed E-state index contributed by atoms with van der Waals surface area (Å²) in [5.74, 6) is -0.249. The molecule has 6 heteroatoms. The van der Waals surface area contributed by atoms with Gasteiger partial charge in [0.15, 0.2) is 0 Å². The maximum absolute atomic E-state index is 12.6. The summed E-state index contributed by atoms with van der Waals surface area (Å²) in [5, 5.41) is 10.2. The molecule has 4 rings (SSSR count). The standard InChI is InChI=1S/C21H18N4O2/c26-20-12-11-18(16-7-3-1-4-8-16)23-25(20)15-21(27)24-14-13-19(22-24)17-9-5-2-6-10-17/h1-12H,13-15H2. The van der Waals surface area contributed by atoms with Crippen LogP contribution in [-0.4, -0.2) is 33.0 Å². The smallest absolute Gasteiger partial charge is 0.267 e. The van der Waals surface area contributed by atoms with Crippen LogP contribution in [0.25, 0.3) is 11.3 Å². The Bertz CT molecular complexity index is 1040. The van der Waals surface area contributed by atoms with Crippen molar-refractivity contribution in [2.45, 2.75) is 13.0 Å². The van der Waals surface area contributed by atoms with Gasteiger partial charge in [-0.25, -0.2) is 9.69 Å². The zero-order valence-electron chi connectivity index (χ0n) is 14.7. The van der Waals surface area contributed by atoms with Crippen LogP contribution in [0.2, 0.25) is 0 Å². The molecule has 0 aliphatic carbocycles. The van der Waals surface area contributed by atoms with Crippen molar-refractivity contribution >= 4 is 11.6 Å². The van der Waals surface area contributed by atoms with Gasteiger partial charge < -0.3 is 0 Å². The van der Waals surface area contributed by atoms with Crippen molar-refractivity contribution in [2.24, 2.45) is 5.10 Å². The lowest BCUT2D eigenvalue weighted by atomic mass is 10.1. The second kappa shape index (κ2) is 7.37. The van der Waals surface area contributed by atoms with Crippen molar-refractivity contribution in [1.82, 2.24) is 14.8 Å². The zero-order valence-corrected chi connectivity index (χ0v) is 14.7. The highest BCUT2D eigenvalue weighted by molar-refractivity contribution is 6.02. The van der Waals surface area contributed by atoms with Gasteiger partial charge in [0.05, 0.1) is 18.0 Å². The summed E-state index contributed by atoms with van der Waals surface area (Å²) < 4.78 is 1.20. The normalized spacial score (nSPS) is 13.5. The van der Waals surface area contributed by atoms with Gasteiger partial charge in [0.2, 0.25) is 0 Å². The minimum Gasteiger partial charge on any atom is -0.271 e. The number of rotatable bonds is 4. The van der Waals surface area contributed by atoms with Crippen LogP contribution in [0.5, 0.6) is 0 Å². The number of hydrogen-bond donors (Lipinski definition) is 0. The monoisotopic (exact) mass is 358 g/mol. The molecular formula is C21H18N4O2. The molecule has 1 aliphatic heterocycles. The fourth-order valence-corrected chi connectivity index (χ4v) is 3.01. The molecule has 1 aliphatic rings. The Morgan fingerprint density at radius 3 is 2.26 bits per heavy atom. The van der Waals surface area contributed by atoms with E-state index in [1.807, 2.05) is 60.7 Å². The van der Waals surface area contributed by atoms with E-state index < -0.39 is 0 Å². The summed E-state index contributed by atoms with van der Waals surface area (Å²) in [6, 6.07) is 22.4. The predicted molar refractivity (Wildman–Crippen MR) is 103 cm³/mol. The number of nitrogens with zero attached hydrogens (tertiary/aromatic N) is 4. The Hall–Kier alpha value is -3.54. The fraction of sp³-hybridized carbons (Fsp3) is 0.143. The molecule has 0 spiro atoms. The van der Waals surface area contributed by atoms with Gasteiger partial charge in [-0.3, -0.25) is 9.59 Å². The third kappa shape index (κ3) is 3.69. The van der Waals surface area contributed by atoms with Gasteiger partial charge in [0.1, 0.15) is 6.54 Å². The van der Waals surface area contributed by atoms with Gasteiger partial charge in [-0.05, 0) is 11.6 Å². The molecule has 2 heterocycles. The van der Waals surface area contributed by atoms with Crippen molar-refractivity contribution in [3.8, 4) is 11.3 Å². The van der Waals surface area contributed by atoms with Gasteiger partial charge in [-0.15, -0.1) is 0 Å². The molecule has 1 aromatic heterocycles. The van der Waals surface area contributed by atoms with Gasteiger partial charge in [-0.1, -0.05) is 60.7 Å². The molecule has 134 valence electrons. The van der Waals surface area contributed by atoms with Crippen molar-refractivity contribution in [1.29, 1.82) is 0 Å². The highest BCUT2D eigenvalue weighted by atomic mass is 16.2. The molecule has 0 saturated heterocycles. The summed E-state index contributed by atoms with van der Waals surface area (Å²) in [6.07, 6.45) is 0.697. The van der Waals surface area contributed by atoms with Crippen LogP contribution in [0, 0.1) is 0 Å². The molecule has 2 aromatic carbocycles. The van der Waals surface area contributed by atoms with Gasteiger partial charge in [0.25, 0.3) is 11.5 Å². The Labute approximate surface area is 156 Å². The number of hydrazone groups is 1.